The van der Waals surface area contributed by atoms with Crippen molar-refractivity contribution in [2.75, 3.05) is 31.1 Å². The van der Waals surface area contributed by atoms with E-state index in [0.29, 0.717) is 0 Å². The summed E-state index contributed by atoms with van der Waals surface area (Å²) >= 11 is 1.66. The van der Waals surface area contributed by atoms with E-state index in [2.05, 4.69) is 21.2 Å². The van der Waals surface area contributed by atoms with E-state index < -0.39 is 11.7 Å². The van der Waals surface area contributed by atoms with Crippen molar-refractivity contribution in [3.63, 3.8) is 0 Å². The van der Waals surface area contributed by atoms with Crippen molar-refractivity contribution >= 4 is 22.9 Å². The number of hydrogen-bond acceptors (Lipinski definition) is 4. The van der Waals surface area contributed by atoms with E-state index in [-0.39, 0.29) is 23.5 Å². The van der Waals surface area contributed by atoms with E-state index in [1.807, 2.05) is 18.4 Å². The summed E-state index contributed by atoms with van der Waals surface area (Å²) in [5.74, 6) is -1.16. The number of piperazine rings is 1. The Kier molecular flexibility index (Phi) is 6.63. The molecule has 1 aliphatic rings. The van der Waals surface area contributed by atoms with E-state index in [4.69, 9.17) is 0 Å². The van der Waals surface area contributed by atoms with Crippen LogP contribution >= 0.6 is 11.3 Å². The minimum Gasteiger partial charge on any atom is -0.369 e. The monoisotopic (exact) mass is 441 g/mol. The number of halogens is 2. The highest BCUT2D eigenvalue weighted by Crippen LogP contribution is 2.30. The molecule has 0 spiro atoms. The third kappa shape index (κ3) is 4.94. The molecule has 2 heterocycles. The van der Waals surface area contributed by atoms with E-state index in [1.165, 1.54) is 24.3 Å². The fourth-order valence-corrected chi connectivity index (χ4v) is 5.09. The summed E-state index contributed by atoms with van der Waals surface area (Å²) in [4.78, 5) is 18.5. The van der Waals surface area contributed by atoms with Gasteiger partial charge >= 0.3 is 0 Å². The van der Waals surface area contributed by atoms with E-state index >= 15 is 0 Å². The molecule has 0 aliphatic carbocycles. The molecule has 7 heteroatoms. The molecule has 2 atom stereocenters. The van der Waals surface area contributed by atoms with Gasteiger partial charge in [0, 0.05) is 42.8 Å². The Hall–Kier alpha value is -2.77. The lowest BCUT2D eigenvalue weighted by molar-refractivity contribution is 0.0886. The number of rotatable bonds is 6. The maximum Gasteiger partial charge on any atom is 0.254 e. The predicted molar refractivity (Wildman–Crippen MR) is 121 cm³/mol. The molecule has 0 unspecified atom stereocenters. The van der Waals surface area contributed by atoms with Gasteiger partial charge in [0.25, 0.3) is 5.91 Å². The zero-order valence-electron chi connectivity index (χ0n) is 17.3. The molecule has 0 radical (unpaired) electrons. The Morgan fingerprint density at radius 1 is 0.968 bits per heavy atom. The molecule has 162 valence electrons. The molecular weight excluding hydrogens is 416 g/mol. The fourth-order valence-electron chi connectivity index (χ4n) is 4.12. The highest BCUT2D eigenvalue weighted by atomic mass is 32.1. The highest BCUT2D eigenvalue weighted by Gasteiger charge is 2.31. The minimum atomic E-state index is -0.521. The standard InChI is InChI=1S/C24H25F2N3OS/c1-17(27-24(30)20-5-2-3-6-21(20)26)23(22-7-4-16-31-22)29-14-12-28(13-15-29)19-10-8-18(25)9-11-19/h2-11,16-17,23H,12-15H2,1H3,(H,27,30)/t17-,23-/m1/s1. The predicted octanol–water partition coefficient (Wildman–Crippen LogP) is 4.71. The van der Waals surface area contributed by atoms with Crippen LogP contribution in [0.1, 0.15) is 28.2 Å². The molecule has 1 fully saturated rings. The average Bonchev–Trinajstić information content (AvgIpc) is 3.29. The first-order valence-electron chi connectivity index (χ1n) is 10.4. The maximum atomic E-state index is 14.1. The van der Waals surface area contributed by atoms with Gasteiger partial charge in [0.2, 0.25) is 0 Å². The molecule has 1 N–H and O–H groups in total. The number of carbonyl (C=O) groups is 1. The first-order valence-corrected chi connectivity index (χ1v) is 11.2. The smallest absolute Gasteiger partial charge is 0.254 e. The Bertz CT molecular complexity index is 1000. The van der Waals surface area contributed by atoms with Crippen LogP contribution in [0.5, 0.6) is 0 Å². The van der Waals surface area contributed by atoms with Crippen LogP contribution in [-0.4, -0.2) is 43.0 Å². The molecule has 31 heavy (non-hydrogen) atoms. The van der Waals surface area contributed by atoms with Gasteiger partial charge < -0.3 is 10.2 Å². The van der Waals surface area contributed by atoms with Gasteiger partial charge in [0.15, 0.2) is 0 Å². The molecule has 0 saturated carbocycles. The van der Waals surface area contributed by atoms with Crippen LogP contribution in [0.3, 0.4) is 0 Å². The minimum absolute atomic E-state index is 0.00825. The second-order valence-corrected chi connectivity index (χ2v) is 8.68. The molecule has 1 aliphatic heterocycles. The quantitative estimate of drug-likeness (QED) is 0.602. The summed E-state index contributed by atoms with van der Waals surface area (Å²) in [7, 11) is 0. The Balaban J connectivity index is 1.47. The topological polar surface area (TPSA) is 35.6 Å². The van der Waals surface area contributed by atoms with Crippen molar-refractivity contribution < 1.29 is 13.6 Å². The van der Waals surface area contributed by atoms with Crippen LogP contribution in [0.15, 0.2) is 66.0 Å². The Morgan fingerprint density at radius 3 is 2.32 bits per heavy atom. The number of thiophene rings is 1. The van der Waals surface area contributed by atoms with Gasteiger partial charge in [-0.1, -0.05) is 18.2 Å². The number of benzene rings is 2. The van der Waals surface area contributed by atoms with Gasteiger partial charge in [-0.15, -0.1) is 11.3 Å². The molecule has 0 bridgehead atoms. The molecule has 4 rings (SSSR count). The van der Waals surface area contributed by atoms with Crippen LogP contribution < -0.4 is 10.2 Å². The molecule has 1 saturated heterocycles. The second kappa shape index (κ2) is 9.58. The Labute approximate surface area is 185 Å². The summed E-state index contributed by atoms with van der Waals surface area (Å²) < 4.78 is 27.3. The van der Waals surface area contributed by atoms with Crippen LogP contribution in [0.2, 0.25) is 0 Å². The summed E-state index contributed by atoms with van der Waals surface area (Å²) in [6, 6.07) is 16.5. The molecule has 4 nitrogen and oxygen atoms in total. The zero-order valence-corrected chi connectivity index (χ0v) is 18.1. The van der Waals surface area contributed by atoms with Gasteiger partial charge in [0.05, 0.1) is 11.6 Å². The maximum absolute atomic E-state index is 14.1. The molecular formula is C24H25F2N3OS. The average molecular weight is 442 g/mol. The summed E-state index contributed by atoms with van der Waals surface area (Å²) in [6.07, 6.45) is 0. The van der Waals surface area contributed by atoms with Crippen molar-refractivity contribution in [3.8, 4) is 0 Å². The van der Waals surface area contributed by atoms with Crippen molar-refractivity contribution in [1.29, 1.82) is 0 Å². The van der Waals surface area contributed by atoms with Crippen LogP contribution in [-0.2, 0) is 0 Å². The van der Waals surface area contributed by atoms with Gasteiger partial charge in [-0.25, -0.2) is 8.78 Å². The first-order chi connectivity index (χ1) is 15.0. The van der Waals surface area contributed by atoms with Crippen molar-refractivity contribution in [3.05, 3.63) is 88.1 Å². The zero-order chi connectivity index (χ0) is 21.8. The van der Waals surface area contributed by atoms with Crippen molar-refractivity contribution in [2.45, 2.75) is 19.0 Å². The van der Waals surface area contributed by atoms with Gasteiger partial charge in [-0.2, -0.15) is 0 Å². The molecule has 3 aromatic rings. The third-order valence-corrected chi connectivity index (χ3v) is 6.63. The number of hydrogen-bond donors (Lipinski definition) is 1. The normalized spacial score (nSPS) is 16.7. The lowest BCUT2D eigenvalue weighted by atomic mass is 10.0. The highest BCUT2D eigenvalue weighted by molar-refractivity contribution is 7.10. The van der Waals surface area contributed by atoms with Crippen molar-refractivity contribution in [1.82, 2.24) is 10.2 Å². The van der Waals surface area contributed by atoms with Gasteiger partial charge in [0.1, 0.15) is 11.6 Å². The van der Waals surface area contributed by atoms with Crippen LogP contribution in [0.4, 0.5) is 14.5 Å². The lowest BCUT2D eigenvalue weighted by Gasteiger charge is -2.42. The fraction of sp³-hybridized carbons (Fsp3) is 0.292. The SMILES string of the molecule is C[C@@H](NC(=O)c1ccccc1F)[C@H](c1cccs1)N1CCN(c2ccc(F)cc2)CC1. The second-order valence-electron chi connectivity index (χ2n) is 7.70. The number of nitrogens with zero attached hydrogens (tertiary/aromatic N) is 2. The largest absolute Gasteiger partial charge is 0.369 e. The number of anilines is 1. The molecule has 1 amide bonds. The van der Waals surface area contributed by atoms with Crippen molar-refractivity contribution in [2.24, 2.45) is 0 Å². The molecule has 2 aromatic carbocycles. The third-order valence-electron chi connectivity index (χ3n) is 5.68. The number of carbonyl (C=O) groups excluding carboxylic acids is 1. The summed E-state index contributed by atoms with van der Waals surface area (Å²) in [5, 5.41) is 5.03. The number of nitrogens with one attached hydrogen (secondary N) is 1. The van der Waals surface area contributed by atoms with Gasteiger partial charge in [-0.3, -0.25) is 9.69 Å². The number of amides is 1. The lowest BCUT2D eigenvalue weighted by Crippen LogP contribution is -2.52. The summed E-state index contributed by atoms with van der Waals surface area (Å²) in [6.45, 7) is 5.19. The van der Waals surface area contributed by atoms with E-state index in [9.17, 15) is 13.6 Å². The van der Waals surface area contributed by atoms with E-state index in [0.717, 1.165) is 36.7 Å². The van der Waals surface area contributed by atoms with Gasteiger partial charge in [-0.05, 0) is 54.8 Å². The van der Waals surface area contributed by atoms with Crippen LogP contribution in [0.25, 0.3) is 0 Å². The molecule has 1 aromatic heterocycles. The van der Waals surface area contributed by atoms with E-state index in [1.54, 1.807) is 35.6 Å². The van der Waals surface area contributed by atoms with Crippen LogP contribution in [0, 0.1) is 11.6 Å². The Morgan fingerprint density at radius 2 is 1.68 bits per heavy atom. The first kappa shape index (κ1) is 21.5. The summed E-state index contributed by atoms with van der Waals surface area (Å²) in [5.41, 5.74) is 1.06.